The van der Waals surface area contributed by atoms with Crippen LogP contribution in [0.1, 0.15) is 56.3 Å². The lowest BCUT2D eigenvalue weighted by atomic mass is 9.68. The van der Waals surface area contributed by atoms with Crippen molar-refractivity contribution in [2.45, 2.75) is 56.0 Å². The van der Waals surface area contributed by atoms with Crippen molar-refractivity contribution in [3.63, 3.8) is 0 Å². The van der Waals surface area contributed by atoms with Gasteiger partial charge in [0.25, 0.3) is 0 Å². The molecule has 2 heterocycles. The van der Waals surface area contributed by atoms with Gasteiger partial charge in [-0.1, -0.05) is 36.8 Å². The number of nitrogens with zero attached hydrogens (tertiary/aromatic N) is 6. The third-order valence-corrected chi connectivity index (χ3v) is 8.34. The van der Waals surface area contributed by atoms with Gasteiger partial charge in [-0.05, 0) is 70.2 Å². The lowest BCUT2D eigenvalue weighted by molar-refractivity contribution is 0.0172. The summed E-state index contributed by atoms with van der Waals surface area (Å²) in [5.41, 5.74) is 1.14. The van der Waals surface area contributed by atoms with Crippen LogP contribution in [0.2, 0.25) is 0 Å². The zero-order chi connectivity index (χ0) is 23.1. The summed E-state index contributed by atoms with van der Waals surface area (Å²) in [6.45, 7) is 1.45. The molecule has 1 spiro atoms. The molecule has 2 amide bonds. The molecule has 1 aromatic carbocycles. The predicted octanol–water partition coefficient (Wildman–Crippen LogP) is 4.16. The lowest BCUT2D eigenvalue weighted by Gasteiger charge is -2.51. The Kier molecular flexibility index (Phi) is 5.57. The number of urea groups is 1. The minimum atomic E-state index is -0.196. The van der Waals surface area contributed by atoms with E-state index < -0.39 is 0 Å². The number of hydrogen-bond acceptors (Lipinski definition) is 5. The summed E-state index contributed by atoms with van der Waals surface area (Å²) < 4.78 is 0. The number of hydrogen-bond donors (Lipinski definition) is 0. The summed E-state index contributed by atoms with van der Waals surface area (Å²) >= 11 is 0. The number of aromatic nitrogens is 2. The maximum Gasteiger partial charge on any atom is 0.326 e. The fourth-order valence-corrected chi connectivity index (χ4v) is 6.03. The van der Waals surface area contributed by atoms with Crippen LogP contribution in [0.5, 0.6) is 0 Å². The molecule has 7 heteroatoms. The second kappa shape index (κ2) is 8.42. The average molecular weight is 445 g/mol. The summed E-state index contributed by atoms with van der Waals surface area (Å²) in [6.07, 6.45) is 9.14. The Morgan fingerprint density at radius 2 is 1.85 bits per heavy atom. The summed E-state index contributed by atoms with van der Waals surface area (Å²) in [7, 11) is 4.35. The largest absolute Gasteiger partial charge is 0.326 e. The Hall–Kier alpha value is -2.98. The number of carbonyl (C=O) groups is 1. The molecular weight excluding hydrogens is 412 g/mol. The number of anilines is 1. The van der Waals surface area contributed by atoms with Crippen LogP contribution >= 0.6 is 0 Å². The van der Waals surface area contributed by atoms with E-state index in [1.807, 2.05) is 6.07 Å². The smallest absolute Gasteiger partial charge is 0.317 e. The average Bonchev–Trinajstić information content (AvgIpc) is 3.08. The fraction of sp³-hybridized carbons (Fsp3) is 0.538. The Bertz CT molecular complexity index is 1050. The van der Waals surface area contributed by atoms with Gasteiger partial charge in [-0.2, -0.15) is 5.26 Å². The zero-order valence-corrected chi connectivity index (χ0v) is 19.6. The monoisotopic (exact) mass is 444 g/mol. The van der Waals surface area contributed by atoms with Gasteiger partial charge in [-0.25, -0.2) is 14.8 Å². The van der Waals surface area contributed by atoms with Crippen LogP contribution in [0.15, 0.2) is 42.6 Å². The first-order valence-electron chi connectivity index (χ1n) is 12.0. The third kappa shape index (κ3) is 3.67. The first kappa shape index (κ1) is 21.8. The Balaban J connectivity index is 1.46. The minimum absolute atomic E-state index is 0.0198. The number of rotatable bonds is 5. The van der Waals surface area contributed by atoms with Crippen LogP contribution in [-0.4, -0.2) is 58.5 Å². The summed E-state index contributed by atoms with van der Waals surface area (Å²) in [5.74, 6) is 1.24. The van der Waals surface area contributed by atoms with Crippen molar-refractivity contribution in [1.82, 2.24) is 19.8 Å². The van der Waals surface area contributed by atoms with Gasteiger partial charge < -0.3 is 4.90 Å². The molecular formula is C26H32N6O. The minimum Gasteiger partial charge on any atom is -0.317 e. The molecule has 2 aromatic rings. The van der Waals surface area contributed by atoms with Crippen LogP contribution in [0, 0.1) is 17.2 Å². The molecule has 33 heavy (non-hydrogen) atoms. The molecule has 172 valence electrons. The van der Waals surface area contributed by atoms with Crippen molar-refractivity contribution in [3.05, 3.63) is 54.0 Å². The molecule has 3 fully saturated rings. The van der Waals surface area contributed by atoms with E-state index in [4.69, 9.17) is 0 Å². The van der Waals surface area contributed by atoms with Crippen molar-refractivity contribution in [3.8, 4) is 6.07 Å². The Morgan fingerprint density at radius 3 is 2.45 bits per heavy atom. The van der Waals surface area contributed by atoms with E-state index in [1.165, 1.54) is 24.8 Å². The normalized spacial score (nSPS) is 27.8. The van der Waals surface area contributed by atoms with E-state index in [2.05, 4.69) is 64.2 Å². The van der Waals surface area contributed by atoms with Gasteiger partial charge in [0.15, 0.2) is 0 Å². The number of nitriles is 1. The van der Waals surface area contributed by atoms with E-state index in [1.54, 1.807) is 17.2 Å². The molecule has 5 rings (SSSR count). The maximum atomic E-state index is 13.7. The van der Waals surface area contributed by atoms with Crippen molar-refractivity contribution in [2.24, 2.45) is 5.92 Å². The molecule has 0 bridgehead atoms. The standard InChI is InChI=1S/C26H32N6O/c1-30(2)26(21-9-4-3-5-10-21)14-12-25(13-15-26)19-31(23-11-16-28-22(17-27)29-23)24(33)32(25)18-20-7-6-8-20/h3-5,9-11,16,20H,6-8,12-15,18-19H2,1-2H3. The van der Waals surface area contributed by atoms with Crippen LogP contribution < -0.4 is 4.90 Å². The Labute approximate surface area is 196 Å². The molecule has 0 radical (unpaired) electrons. The highest BCUT2D eigenvalue weighted by molar-refractivity contribution is 5.94. The van der Waals surface area contributed by atoms with Gasteiger partial charge >= 0.3 is 6.03 Å². The molecule has 7 nitrogen and oxygen atoms in total. The Morgan fingerprint density at radius 1 is 1.12 bits per heavy atom. The van der Waals surface area contributed by atoms with Crippen LogP contribution in [0.3, 0.4) is 0 Å². The van der Waals surface area contributed by atoms with Gasteiger partial charge in [0.05, 0.1) is 12.1 Å². The lowest BCUT2D eigenvalue weighted by Crippen LogP contribution is -2.56. The highest BCUT2D eigenvalue weighted by atomic mass is 16.2. The fourth-order valence-electron chi connectivity index (χ4n) is 6.03. The van der Waals surface area contributed by atoms with Crippen molar-refractivity contribution >= 4 is 11.8 Å². The molecule has 2 saturated carbocycles. The first-order chi connectivity index (χ1) is 16.0. The van der Waals surface area contributed by atoms with Gasteiger partial charge in [0, 0.05) is 18.3 Å². The second-order valence-corrected chi connectivity index (χ2v) is 10.1. The molecule has 1 aliphatic heterocycles. The number of carbonyl (C=O) groups excluding carboxylic acids is 1. The SMILES string of the molecule is CN(C)C1(c2ccccc2)CCC2(CC1)CN(c1ccnc(C#N)n1)C(=O)N2CC1CCC1. The summed E-state index contributed by atoms with van der Waals surface area (Å²) in [4.78, 5) is 28.4. The van der Waals surface area contributed by atoms with Gasteiger partial charge in [-0.3, -0.25) is 9.80 Å². The van der Waals surface area contributed by atoms with E-state index >= 15 is 0 Å². The van der Waals surface area contributed by atoms with Crippen molar-refractivity contribution in [1.29, 1.82) is 5.26 Å². The molecule has 2 aliphatic carbocycles. The van der Waals surface area contributed by atoms with Gasteiger partial charge in [0.1, 0.15) is 11.9 Å². The van der Waals surface area contributed by atoms with Crippen molar-refractivity contribution in [2.75, 3.05) is 32.1 Å². The quantitative estimate of drug-likeness (QED) is 0.692. The third-order valence-electron chi connectivity index (χ3n) is 8.34. The van der Waals surface area contributed by atoms with Gasteiger partial charge in [-0.15, -0.1) is 0 Å². The van der Waals surface area contributed by atoms with Crippen LogP contribution in [-0.2, 0) is 5.54 Å². The number of benzene rings is 1. The molecule has 0 atom stereocenters. The molecule has 1 aromatic heterocycles. The first-order valence-corrected chi connectivity index (χ1v) is 12.0. The van der Waals surface area contributed by atoms with Crippen LogP contribution in [0.4, 0.5) is 10.6 Å². The highest BCUT2D eigenvalue weighted by Gasteiger charge is 2.55. The maximum absolute atomic E-state index is 13.7. The molecule has 0 unspecified atom stereocenters. The molecule has 3 aliphatic rings. The number of amides is 2. The van der Waals surface area contributed by atoms with Gasteiger partial charge in [0.2, 0.25) is 5.82 Å². The molecule has 0 N–H and O–H groups in total. The topological polar surface area (TPSA) is 76.4 Å². The van der Waals surface area contributed by atoms with E-state index in [0.29, 0.717) is 18.3 Å². The summed E-state index contributed by atoms with van der Waals surface area (Å²) in [5, 5.41) is 9.25. The molecule has 1 saturated heterocycles. The van der Waals surface area contributed by atoms with E-state index in [0.717, 1.165) is 32.2 Å². The zero-order valence-electron chi connectivity index (χ0n) is 19.6. The predicted molar refractivity (Wildman–Crippen MR) is 127 cm³/mol. The second-order valence-electron chi connectivity index (χ2n) is 10.1. The highest BCUT2D eigenvalue weighted by Crippen LogP contribution is 2.50. The van der Waals surface area contributed by atoms with E-state index in [-0.39, 0.29) is 22.9 Å². The summed E-state index contributed by atoms with van der Waals surface area (Å²) in [6, 6.07) is 14.6. The van der Waals surface area contributed by atoms with Crippen molar-refractivity contribution < 1.29 is 4.79 Å². The van der Waals surface area contributed by atoms with E-state index in [9.17, 15) is 10.1 Å². The van der Waals surface area contributed by atoms with Crippen LogP contribution in [0.25, 0.3) is 0 Å².